The van der Waals surface area contributed by atoms with E-state index in [1.807, 2.05) is 26.0 Å². The van der Waals surface area contributed by atoms with Crippen LogP contribution in [0.15, 0.2) is 54.2 Å². The van der Waals surface area contributed by atoms with Gasteiger partial charge in [0.05, 0.1) is 37.6 Å². The van der Waals surface area contributed by atoms with Crippen molar-refractivity contribution in [1.82, 2.24) is 4.90 Å². The van der Waals surface area contributed by atoms with Crippen LogP contribution in [0, 0.1) is 0 Å². The SMILES string of the molecule is COCCN1C(=O)C(Nc2ccccc2OC)=C(c2ccc(OC(C)C)cc2)C1=O. The van der Waals surface area contributed by atoms with Crippen molar-refractivity contribution in [3.05, 3.63) is 59.8 Å². The lowest BCUT2D eigenvalue weighted by molar-refractivity contribution is -0.137. The van der Waals surface area contributed by atoms with Crippen LogP contribution in [0.3, 0.4) is 0 Å². The lowest BCUT2D eigenvalue weighted by Gasteiger charge is -2.15. The molecule has 0 fully saturated rings. The minimum absolute atomic E-state index is 0.0389. The molecule has 1 N–H and O–H groups in total. The standard InChI is InChI=1S/C23H26N2O5/c1-15(2)30-17-11-9-16(10-12-17)20-21(23(27)25(22(20)26)13-14-28-3)24-18-7-5-6-8-19(18)29-4/h5-12,15,24H,13-14H2,1-4H3. The minimum Gasteiger partial charge on any atom is -0.495 e. The number of amides is 2. The number of nitrogens with one attached hydrogen (secondary N) is 1. The number of hydrogen-bond acceptors (Lipinski definition) is 6. The van der Waals surface area contributed by atoms with E-state index < -0.39 is 5.91 Å². The molecule has 0 radical (unpaired) electrons. The van der Waals surface area contributed by atoms with Crippen LogP contribution >= 0.6 is 0 Å². The molecule has 30 heavy (non-hydrogen) atoms. The second-order valence-electron chi connectivity index (χ2n) is 7.02. The molecule has 0 spiro atoms. The molecule has 0 bridgehead atoms. The number of benzene rings is 2. The first-order valence-electron chi connectivity index (χ1n) is 9.72. The van der Waals surface area contributed by atoms with E-state index in [1.54, 1.807) is 43.5 Å². The van der Waals surface area contributed by atoms with Crippen LogP contribution in [0.4, 0.5) is 5.69 Å². The number of rotatable bonds is 9. The van der Waals surface area contributed by atoms with Gasteiger partial charge < -0.3 is 19.5 Å². The average Bonchev–Trinajstić information content (AvgIpc) is 2.96. The molecule has 2 aromatic carbocycles. The van der Waals surface area contributed by atoms with Gasteiger partial charge in [-0.05, 0) is 43.7 Å². The molecule has 1 aliphatic heterocycles. The first-order chi connectivity index (χ1) is 14.5. The Balaban J connectivity index is 2.02. The summed E-state index contributed by atoms with van der Waals surface area (Å²) in [6.45, 7) is 4.31. The van der Waals surface area contributed by atoms with Crippen molar-refractivity contribution in [2.45, 2.75) is 20.0 Å². The molecular formula is C23H26N2O5. The van der Waals surface area contributed by atoms with E-state index in [-0.39, 0.29) is 30.9 Å². The number of ether oxygens (including phenoxy) is 3. The summed E-state index contributed by atoms with van der Waals surface area (Å²) in [6.07, 6.45) is 0.0389. The Bertz CT molecular complexity index is 950. The van der Waals surface area contributed by atoms with Gasteiger partial charge in [-0.3, -0.25) is 14.5 Å². The van der Waals surface area contributed by atoms with Gasteiger partial charge in [0.25, 0.3) is 11.8 Å². The van der Waals surface area contributed by atoms with E-state index in [9.17, 15) is 9.59 Å². The number of hydrogen-bond donors (Lipinski definition) is 1. The molecule has 7 nitrogen and oxygen atoms in total. The van der Waals surface area contributed by atoms with Gasteiger partial charge in [-0.2, -0.15) is 0 Å². The Morgan fingerprint density at radius 1 is 0.967 bits per heavy atom. The third-order valence-corrected chi connectivity index (χ3v) is 4.57. The van der Waals surface area contributed by atoms with E-state index in [0.29, 0.717) is 28.3 Å². The van der Waals surface area contributed by atoms with Gasteiger partial charge in [0, 0.05) is 7.11 Å². The van der Waals surface area contributed by atoms with E-state index in [4.69, 9.17) is 14.2 Å². The number of para-hydroxylation sites is 2. The second kappa shape index (κ2) is 9.45. The van der Waals surface area contributed by atoms with E-state index in [2.05, 4.69) is 5.32 Å². The number of imide groups is 1. The fourth-order valence-corrected chi connectivity index (χ4v) is 3.20. The number of carbonyl (C=O) groups excluding carboxylic acids is 2. The van der Waals surface area contributed by atoms with Crippen molar-refractivity contribution < 1.29 is 23.8 Å². The highest BCUT2D eigenvalue weighted by atomic mass is 16.5. The number of carbonyl (C=O) groups is 2. The minimum atomic E-state index is -0.402. The molecule has 0 atom stereocenters. The highest BCUT2D eigenvalue weighted by Gasteiger charge is 2.39. The number of methoxy groups -OCH3 is 2. The monoisotopic (exact) mass is 410 g/mol. The normalized spacial score (nSPS) is 14.0. The summed E-state index contributed by atoms with van der Waals surface area (Å²) in [5.74, 6) is 0.495. The Morgan fingerprint density at radius 3 is 2.30 bits per heavy atom. The van der Waals surface area contributed by atoms with Crippen LogP contribution in [0.2, 0.25) is 0 Å². The largest absolute Gasteiger partial charge is 0.495 e. The molecule has 0 aromatic heterocycles. The van der Waals surface area contributed by atoms with Gasteiger partial charge in [-0.25, -0.2) is 0 Å². The molecule has 1 aliphatic rings. The number of nitrogens with zero attached hydrogens (tertiary/aromatic N) is 1. The molecule has 0 saturated heterocycles. The predicted octanol–water partition coefficient (Wildman–Crippen LogP) is 3.32. The zero-order valence-corrected chi connectivity index (χ0v) is 17.6. The lowest BCUT2D eigenvalue weighted by atomic mass is 10.0. The zero-order chi connectivity index (χ0) is 21.7. The average molecular weight is 410 g/mol. The summed E-state index contributed by atoms with van der Waals surface area (Å²) in [5, 5.41) is 3.11. The van der Waals surface area contributed by atoms with Crippen LogP contribution in [0.1, 0.15) is 19.4 Å². The molecule has 0 unspecified atom stereocenters. The summed E-state index contributed by atoms with van der Waals surface area (Å²) >= 11 is 0. The summed E-state index contributed by atoms with van der Waals surface area (Å²) in [7, 11) is 3.08. The van der Waals surface area contributed by atoms with Crippen molar-refractivity contribution >= 4 is 23.1 Å². The molecular weight excluding hydrogens is 384 g/mol. The summed E-state index contributed by atoms with van der Waals surface area (Å²) in [6, 6.07) is 14.4. The fourth-order valence-electron chi connectivity index (χ4n) is 3.20. The first-order valence-corrected chi connectivity index (χ1v) is 9.72. The van der Waals surface area contributed by atoms with Gasteiger partial charge >= 0.3 is 0 Å². The quantitative estimate of drug-likeness (QED) is 0.639. The van der Waals surface area contributed by atoms with Gasteiger partial charge in [0.1, 0.15) is 17.2 Å². The van der Waals surface area contributed by atoms with Crippen molar-refractivity contribution in [1.29, 1.82) is 0 Å². The Kier molecular flexibility index (Phi) is 6.74. The topological polar surface area (TPSA) is 77.1 Å². The molecule has 158 valence electrons. The van der Waals surface area contributed by atoms with Crippen molar-refractivity contribution in [2.24, 2.45) is 0 Å². The van der Waals surface area contributed by atoms with E-state index in [0.717, 1.165) is 0 Å². The molecule has 1 heterocycles. The van der Waals surface area contributed by atoms with Crippen LogP contribution in [0.5, 0.6) is 11.5 Å². The summed E-state index contributed by atoms with van der Waals surface area (Å²) < 4.78 is 16.1. The fraction of sp³-hybridized carbons (Fsp3) is 0.304. The predicted molar refractivity (Wildman–Crippen MR) is 114 cm³/mol. The highest BCUT2D eigenvalue weighted by molar-refractivity contribution is 6.36. The maximum Gasteiger partial charge on any atom is 0.278 e. The van der Waals surface area contributed by atoms with Crippen LogP contribution < -0.4 is 14.8 Å². The molecule has 7 heteroatoms. The van der Waals surface area contributed by atoms with Gasteiger partial charge in [-0.15, -0.1) is 0 Å². The zero-order valence-electron chi connectivity index (χ0n) is 17.6. The maximum atomic E-state index is 13.1. The van der Waals surface area contributed by atoms with Crippen LogP contribution in [-0.2, 0) is 14.3 Å². The van der Waals surface area contributed by atoms with Crippen molar-refractivity contribution in [3.8, 4) is 11.5 Å². The summed E-state index contributed by atoms with van der Waals surface area (Å²) in [5.41, 5.74) is 1.74. The summed E-state index contributed by atoms with van der Waals surface area (Å²) in [4.78, 5) is 27.4. The Hall–Kier alpha value is -3.32. The van der Waals surface area contributed by atoms with Gasteiger partial charge in [0.15, 0.2) is 0 Å². The Labute approximate surface area is 176 Å². The van der Waals surface area contributed by atoms with E-state index in [1.165, 1.54) is 12.0 Å². The van der Waals surface area contributed by atoms with Gasteiger partial charge in [-0.1, -0.05) is 24.3 Å². The van der Waals surface area contributed by atoms with Gasteiger partial charge in [0.2, 0.25) is 0 Å². The van der Waals surface area contributed by atoms with Crippen LogP contribution in [0.25, 0.3) is 5.57 Å². The third-order valence-electron chi connectivity index (χ3n) is 4.57. The highest BCUT2D eigenvalue weighted by Crippen LogP contribution is 2.33. The molecule has 0 saturated carbocycles. The molecule has 3 rings (SSSR count). The van der Waals surface area contributed by atoms with Crippen molar-refractivity contribution in [3.63, 3.8) is 0 Å². The van der Waals surface area contributed by atoms with Crippen molar-refractivity contribution in [2.75, 3.05) is 32.7 Å². The smallest absolute Gasteiger partial charge is 0.278 e. The third kappa shape index (κ3) is 4.46. The van der Waals surface area contributed by atoms with E-state index >= 15 is 0 Å². The molecule has 2 aromatic rings. The second-order valence-corrected chi connectivity index (χ2v) is 7.02. The Morgan fingerprint density at radius 2 is 1.67 bits per heavy atom. The molecule has 2 amide bonds. The lowest BCUT2D eigenvalue weighted by Crippen LogP contribution is -2.35. The molecule has 0 aliphatic carbocycles. The first kappa shape index (κ1) is 21.4. The maximum absolute atomic E-state index is 13.1. The van der Waals surface area contributed by atoms with Crippen LogP contribution in [-0.4, -0.2) is 50.2 Å². The number of anilines is 1.